The first-order chi connectivity index (χ1) is 8.54. The molecule has 0 fully saturated rings. The van der Waals surface area contributed by atoms with Crippen molar-refractivity contribution in [2.45, 2.75) is 26.2 Å². The van der Waals surface area contributed by atoms with Crippen molar-refractivity contribution in [3.8, 4) is 0 Å². The fraction of sp³-hybridized carbons (Fsp3) is 0.444. The summed E-state index contributed by atoms with van der Waals surface area (Å²) in [6.07, 6.45) is 0.699. The van der Waals surface area contributed by atoms with Gasteiger partial charge in [-0.25, -0.2) is 9.47 Å². The Labute approximate surface area is 114 Å². The van der Waals surface area contributed by atoms with Crippen molar-refractivity contribution in [1.82, 2.24) is 14.9 Å². The van der Waals surface area contributed by atoms with Crippen LogP contribution >= 0.6 is 12.4 Å². The van der Waals surface area contributed by atoms with Gasteiger partial charge in [-0.15, -0.1) is 22.6 Å². The van der Waals surface area contributed by atoms with Crippen LogP contribution in [0.2, 0.25) is 0 Å². The normalized spacial score (nSPS) is 14.9. The highest BCUT2D eigenvalue weighted by atomic mass is 35.5. The molecule has 3 N–H and O–H groups in total. The van der Waals surface area contributed by atoms with Gasteiger partial charge in [-0.1, -0.05) is 6.92 Å². The van der Waals surface area contributed by atoms with Crippen LogP contribution in [0.25, 0.3) is 0 Å². The molecular formula is C9H13ClN6O3. The Morgan fingerprint density at radius 1 is 1.42 bits per heavy atom. The number of anilines is 1. The fourth-order valence-corrected chi connectivity index (χ4v) is 1.56. The molecule has 10 heteroatoms. The Bertz CT molecular complexity index is 540. The highest BCUT2D eigenvalue weighted by Crippen LogP contribution is 2.17. The Balaban J connectivity index is 0.00000180. The molecule has 0 atom stereocenters. The molecule has 2 rings (SSSR count). The van der Waals surface area contributed by atoms with Crippen molar-refractivity contribution in [2.24, 2.45) is 5.10 Å². The van der Waals surface area contributed by atoms with E-state index in [9.17, 15) is 9.59 Å². The number of hydrogen-bond donors (Lipinski definition) is 2. The molecule has 0 saturated heterocycles. The Kier molecular flexibility index (Phi) is 4.43. The first-order valence-corrected chi connectivity index (χ1v) is 5.37. The summed E-state index contributed by atoms with van der Waals surface area (Å²) in [7, 11) is 0. The van der Waals surface area contributed by atoms with E-state index in [1.54, 1.807) is 0 Å². The molecule has 0 bridgehead atoms. The van der Waals surface area contributed by atoms with Gasteiger partial charge >= 0.3 is 5.97 Å². The van der Waals surface area contributed by atoms with Crippen LogP contribution in [0.5, 0.6) is 0 Å². The van der Waals surface area contributed by atoms with Crippen LogP contribution in [0, 0.1) is 0 Å². The van der Waals surface area contributed by atoms with Crippen LogP contribution in [0.4, 0.5) is 5.95 Å². The average Bonchev–Trinajstić information content (AvgIpc) is 2.70. The number of halogens is 1. The van der Waals surface area contributed by atoms with Crippen molar-refractivity contribution < 1.29 is 14.7 Å². The van der Waals surface area contributed by atoms with Gasteiger partial charge in [0, 0.05) is 19.3 Å². The van der Waals surface area contributed by atoms with E-state index in [2.05, 4.69) is 15.3 Å². The number of hydrazone groups is 1. The van der Waals surface area contributed by atoms with Gasteiger partial charge in [0.25, 0.3) is 11.9 Å². The summed E-state index contributed by atoms with van der Waals surface area (Å²) < 4.78 is 1.13. The second-order valence-electron chi connectivity index (χ2n) is 3.70. The lowest BCUT2D eigenvalue weighted by molar-refractivity contribution is -0.129. The smallest absolute Gasteiger partial charge is 0.352 e. The molecular weight excluding hydrogens is 276 g/mol. The fourth-order valence-electron chi connectivity index (χ4n) is 1.56. The summed E-state index contributed by atoms with van der Waals surface area (Å²) in [4.78, 5) is 22.5. The number of nitrogen functional groups attached to an aromatic ring is 1. The van der Waals surface area contributed by atoms with Crippen LogP contribution in [0.1, 0.15) is 25.6 Å². The van der Waals surface area contributed by atoms with Crippen molar-refractivity contribution in [3.05, 3.63) is 5.82 Å². The van der Waals surface area contributed by atoms with E-state index in [0.29, 0.717) is 12.2 Å². The molecule has 0 saturated carbocycles. The van der Waals surface area contributed by atoms with Gasteiger partial charge < -0.3 is 10.9 Å². The van der Waals surface area contributed by atoms with Gasteiger partial charge in [-0.2, -0.15) is 10.1 Å². The second-order valence-corrected chi connectivity index (χ2v) is 3.70. The summed E-state index contributed by atoms with van der Waals surface area (Å²) in [5.74, 6) is 4.69. The molecule has 0 unspecified atom stereocenters. The molecule has 0 radical (unpaired) electrons. The number of carboxylic acid groups (broad SMARTS) is 1. The summed E-state index contributed by atoms with van der Waals surface area (Å²) >= 11 is 0. The lowest BCUT2D eigenvalue weighted by Crippen LogP contribution is -2.37. The summed E-state index contributed by atoms with van der Waals surface area (Å²) in [5.41, 5.74) is -0.101. The minimum Gasteiger partial charge on any atom is -0.477 e. The van der Waals surface area contributed by atoms with Gasteiger partial charge in [0.1, 0.15) is 5.71 Å². The van der Waals surface area contributed by atoms with E-state index in [1.807, 2.05) is 6.92 Å². The highest BCUT2D eigenvalue weighted by molar-refractivity contribution is 6.37. The molecule has 9 nitrogen and oxygen atoms in total. The maximum absolute atomic E-state index is 11.7. The van der Waals surface area contributed by atoms with Gasteiger partial charge in [-0.3, -0.25) is 4.79 Å². The molecule has 0 spiro atoms. The zero-order valence-corrected chi connectivity index (χ0v) is 10.9. The molecule has 1 aromatic rings. The average molecular weight is 289 g/mol. The summed E-state index contributed by atoms with van der Waals surface area (Å²) in [6, 6.07) is 0. The van der Waals surface area contributed by atoms with E-state index in [-0.39, 0.29) is 42.8 Å². The maximum atomic E-state index is 11.7. The molecule has 2 heterocycles. The standard InChI is InChI=1S/C9H12N6O3.ClH/c1-2-6-11-12-9(14(6)10)15-7(16)4-3-5(13-15)8(17)18;/h2-4,10H2,1H3,(H,17,18);1H. The molecule has 1 aliphatic rings. The third-order valence-electron chi connectivity index (χ3n) is 2.53. The van der Waals surface area contributed by atoms with Crippen molar-refractivity contribution in [3.63, 3.8) is 0 Å². The van der Waals surface area contributed by atoms with E-state index in [1.165, 1.54) is 0 Å². The number of rotatable bonds is 3. The zero-order chi connectivity index (χ0) is 13.3. The lowest BCUT2D eigenvalue weighted by Gasteiger charge is -2.20. The molecule has 1 aliphatic heterocycles. The van der Waals surface area contributed by atoms with E-state index >= 15 is 0 Å². The first kappa shape index (κ1) is 14.9. The summed E-state index contributed by atoms with van der Waals surface area (Å²) in [6.45, 7) is 1.83. The van der Waals surface area contributed by atoms with Crippen molar-refractivity contribution >= 4 is 35.9 Å². The number of amides is 1. The van der Waals surface area contributed by atoms with E-state index < -0.39 is 5.97 Å². The SMILES string of the molecule is CCc1nnc(N2N=C(C(=O)O)CCC2=O)n1N.Cl. The number of carbonyl (C=O) groups is 2. The van der Waals surface area contributed by atoms with Crippen molar-refractivity contribution in [1.29, 1.82) is 0 Å². The summed E-state index contributed by atoms with van der Waals surface area (Å²) in [5, 5.41) is 21.0. The predicted octanol–water partition coefficient (Wildman–Crippen LogP) is -0.457. The molecule has 1 amide bonds. The first-order valence-electron chi connectivity index (χ1n) is 5.37. The minimum absolute atomic E-state index is 0. The van der Waals surface area contributed by atoms with Gasteiger partial charge in [0.15, 0.2) is 5.82 Å². The highest BCUT2D eigenvalue weighted by Gasteiger charge is 2.29. The number of aryl methyl sites for hydroxylation is 1. The molecule has 0 aromatic carbocycles. The second kappa shape index (κ2) is 5.65. The maximum Gasteiger partial charge on any atom is 0.352 e. The van der Waals surface area contributed by atoms with Crippen LogP contribution in [0.3, 0.4) is 0 Å². The number of aromatic nitrogens is 3. The van der Waals surface area contributed by atoms with Crippen molar-refractivity contribution in [2.75, 3.05) is 10.9 Å². The zero-order valence-electron chi connectivity index (χ0n) is 10.1. The quantitative estimate of drug-likeness (QED) is 0.725. The molecule has 19 heavy (non-hydrogen) atoms. The number of nitrogens with two attached hydrogens (primary N) is 1. The number of carboxylic acids is 1. The number of hydrogen-bond acceptors (Lipinski definition) is 6. The third-order valence-corrected chi connectivity index (χ3v) is 2.53. The number of nitrogens with zero attached hydrogens (tertiary/aromatic N) is 5. The number of aliphatic carboxylic acids is 1. The minimum atomic E-state index is -1.16. The molecule has 1 aromatic heterocycles. The predicted molar refractivity (Wildman–Crippen MR) is 68.6 cm³/mol. The van der Waals surface area contributed by atoms with Gasteiger partial charge in [-0.05, 0) is 0 Å². The lowest BCUT2D eigenvalue weighted by atomic mass is 10.2. The van der Waals surface area contributed by atoms with Crippen LogP contribution < -0.4 is 10.9 Å². The number of carbonyl (C=O) groups excluding carboxylic acids is 1. The third kappa shape index (κ3) is 2.65. The Morgan fingerprint density at radius 3 is 2.63 bits per heavy atom. The van der Waals surface area contributed by atoms with Crippen LogP contribution in [0.15, 0.2) is 5.10 Å². The van der Waals surface area contributed by atoms with Crippen LogP contribution in [-0.2, 0) is 16.0 Å². The Morgan fingerprint density at radius 2 is 2.11 bits per heavy atom. The van der Waals surface area contributed by atoms with E-state index in [0.717, 1.165) is 9.69 Å². The Hall–Kier alpha value is -2.16. The van der Waals surface area contributed by atoms with Gasteiger partial charge in [0.05, 0.1) is 0 Å². The largest absolute Gasteiger partial charge is 0.477 e. The van der Waals surface area contributed by atoms with Crippen LogP contribution in [-0.4, -0.2) is 37.6 Å². The molecule has 104 valence electrons. The van der Waals surface area contributed by atoms with E-state index in [4.69, 9.17) is 10.9 Å². The topological polar surface area (TPSA) is 127 Å². The van der Waals surface area contributed by atoms with Gasteiger partial charge in [0.2, 0.25) is 0 Å². The molecule has 0 aliphatic carbocycles. The monoisotopic (exact) mass is 288 g/mol.